The van der Waals surface area contributed by atoms with Gasteiger partial charge in [-0.25, -0.2) is 0 Å². The van der Waals surface area contributed by atoms with Gasteiger partial charge in [0.15, 0.2) is 18.1 Å². The van der Waals surface area contributed by atoms with E-state index < -0.39 is 17.1 Å². The quantitative estimate of drug-likeness (QED) is 0.625. The first kappa shape index (κ1) is 21.4. The summed E-state index contributed by atoms with van der Waals surface area (Å²) in [6, 6.07) is 7.91. The molecule has 11 heteroatoms. The monoisotopic (exact) mass is 480 g/mol. The number of halogens is 2. The van der Waals surface area contributed by atoms with E-state index in [9.17, 15) is 14.4 Å². The lowest BCUT2D eigenvalue weighted by molar-refractivity contribution is -0.123. The van der Waals surface area contributed by atoms with Crippen molar-refractivity contribution >= 4 is 58.1 Å². The molecule has 0 atom stereocenters. The second-order valence-corrected chi connectivity index (χ2v) is 8.34. The average Bonchev–Trinajstić information content (AvgIpc) is 3.26. The van der Waals surface area contributed by atoms with Gasteiger partial charge in [0.2, 0.25) is 6.79 Å². The number of amides is 3. The van der Waals surface area contributed by atoms with E-state index in [-0.39, 0.29) is 24.8 Å². The summed E-state index contributed by atoms with van der Waals surface area (Å²) in [7, 11) is 0. The van der Waals surface area contributed by atoms with E-state index in [1.54, 1.807) is 30.3 Å². The van der Waals surface area contributed by atoms with E-state index in [2.05, 4.69) is 0 Å². The second kappa shape index (κ2) is 8.70. The smallest absolute Gasteiger partial charge is 0.293 e. The third-order valence-corrected chi connectivity index (χ3v) is 5.87. The molecule has 2 heterocycles. The molecular weight excluding hydrogens is 467 g/mol. The van der Waals surface area contributed by atoms with Crippen LogP contribution >= 0.6 is 35.0 Å². The van der Waals surface area contributed by atoms with Crippen molar-refractivity contribution in [2.45, 2.75) is 6.54 Å². The third kappa shape index (κ3) is 4.58. The minimum atomic E-state index is -0.651. The summed E-state index contributed by atoms with van der Waals surface area (Å²) in [5.41, 5.74) is 6.09. The molecule has 2 aliphatic rings. The molecule has 2 aromatic carbocycles. The molecule has 1 fully saturated rings. The highest BCUT2D eigenvalue weighted by molar-refractivity contribution is 8.18. The molecule has 2 aromatic rings. The Morgan fingerprint density at radius 2 is 1.94 bits per heavy atom. The molecule has 2 aliphatic heterocycles. The van der Waals surface area contributed by atoms with Crippen molar-refractivity contribution in [3.05, 3.63) is 56.4 Å². The lowest BCUT2D eigenvalue weighted by atomic mass is 10.1. The van der Waals surface area contributed by atoms with Crippen LogP contribution in [0.5, 0.6) is 17.2 Å². The molecule has 31 heavy (non-hydrogen) atoms. The molecule has 0 radical (unpaired) electrons. The van der Waals surface area contributed by atoms with Crippen LogP contribution in [-0.2, 0) is 16.1 Å². The van der Waals surface area contributed by atoms with E-state index >= 15 is 0 Å². The van der Waals surface area contributed by atoms with Crippen LogP contribution in [0.2, 0.25) is 10.0 Å². The summed E-state index contributed by atoms with van der Waals surface area (Å²) in [6.45, 7) is -0.288. The number of nitrogens with zero attached hydrogens (tertiary/aromatic N) is 1. The number of fused-ring (bicyclic) bond motifs is 1. The summed E-state index contributed by atoms with van der Waals surface area (Å²) in [6.07, 6.45) is 1.48. The summed E-state index contributed by atoms with van der Waals surface area (Å²) >= 11 is 13.1. The first-order valence-electron chi connectivity index (χ1n) is 8.86. The van der Waals surface area contributed by atoms with Crippen molar-refractivity contribution in [3.63, 3.8) is 0 Å². The van der Waals surface area contributed by atoms with Gasteiger partial charge in [-0.2, -0.15) is 0 Å². The van der Waals surface area contributed by atoms with Crippen LogP contribution in [0.15, 0.2) is 35.2 Å². The summed E-state index contributed by atoms with van der Waals surface area (Å²) in [4.78, 5) is 37.7. The molecule has 0 spiro atoms. The van der Waals surface area contributed by atoms with E-state index in [4.69, 9.17) is 43.1 Å². The van der Waals surface area contributed by atoms with Crippen molar-refractivity contribution < 1.29 is 28.6 Å². The molecule has 3 amide bonds. The van der Waals surface area contributed by atoms with Crippen molar-refractivity contribution in [2.75, 3.05) is 13.4 Å². The first-order chi connectivity index (χ1) is 14.8. The molecule has 0 aliphatic carbocycles. The van der Waals surface area contributed by atoms with Crippen LogP contribution in [0.1, 0.15) is 11.1 Å². The van der Waals surface area contributed by atoms with Gasteiger partial charge in [0, 0.05) is 21.7 Å². The van der Waals surface area contributed by atoms with Gasteiger partial charge in [-0.05, 0) is 47.7 Å². The van der Waals surface area contributed by atoms with Crippen LogP contribution in [0.25, 0.3) is 6.08 Å². The number of hydrogen-bond acceptors (Lipinski definition) is 7. The number of primary amides is 1. The van der Waals surface area contributed by atoms with Crippen LogP contribution in [0.4, 0.5) is 4.79 Å². The SMILES string of the molecule is NC(=O)COc1ccc(Cl)cc1/C=C1\SC(=O)N(Cc2cc3c(cc2Cl)OCO3)C1=O. The Morgan fingerprint density at radius 1 is 1.19 bits per heavy atom. The minimum absolute atomic E-state index is 0.0297. The number of carbonyl (C=O) groups is 3. The zero-order valence-corrected chi connectivity index (χ0v) is 18.1. The highest BCUT2D eigenvalue weighted by Crippen LogP contribution is 2.40. The van der Waals surface area contributed by atoms with Gasteiger partial charge in [0.05, 0.1) is 11.4 Å². The van der Waals surface area contributed by atoms with Crippen LogP contribution in [0.3, 0.4) is 0 Å². The van der Waals surface area contributed by atoms with E-state index in [1.807, 2.05) is 0 Å². The van der Waals surface area contributed by atoms with E-state index in [1.165, 1.54) is 6.08 Å². The molecule has 0 saturated carbocycles. The number of nitrogens with two attached hydrogens (primary N) is 1. The van der Waals surface area contributed by atoms with Gasteiger partial charge >= 0.3 is 0 Å². The molecule has 0 bridgehead atoms. The van der Waals surface area contributed by atoms with Crippen molar-refractivity contribution in [1.29, 1.82) is 0 Å². The maximum Gasteiger partial charge on any atom is 0.293 e. The first-order valence-corrected chi connectivity index (χ1v) is 10.4. The molecule has 0 aromatic heterocycles. The largest absolute Gasteiger partial charge is 0.483 e. The maximum absolute atomic E-state index is 12.9. The Balaban J connectivity index is 1.58. The molecule has 8 nitrogen and oxygen atoms in total. The van der Waals surface area contributed by atoms with E-state index in [0.717, 1.165) is 16.7 Å². The van der Waals surface area contributed by atoms with Crippen molar-refractivity contribution in [2.24, 2.45) is 5.73 Å². The second-order valence-electron chi connectivity index (χ2n) is 6.50. The zero-order chi connectivity index (χ0) is 22.1. The van der Waals surface area contributed by atoms with Crippen LogP contribution in [0, 0.1) is 0 Å². The Kier molecular flexibility index (Phi) is 5.99. The van der Waals surface area contributed by atoms with Crippen molar-refractivity contribution in [3.8, 4) is 17.2 Å². The number of hydrogen-bond donors (Lipinski definition) is 1. The topological polar surface area (TPSA) is 108 Å². The van der Waals surface area contributed by atoms with E-state index in [0.29, 0.717) is 38.4 Å². The molecule has 1 saturated heterocycles. The Labute approximate surface area is 190 Å². The molecule has 4 rings (SSSR count). The lowest BCUT2D eigenvalue weighted by Crippen LogP contribution is -2.27. The van der Waals surface area contributed by atoms with Gasteiger partial charge < -0.3 is 19.9 Å². The summed E-state index contributed by atoms with van der Waals surface area (Å²) in [5, 5.41) is 0.292. The number of ether oxygens (including phenoxy) is 3. The van der Waals surface area contributed by atoms with Gasteiger partial charge in [0.1, 0.15) is 5.75 Å². The van der Waals surface area contributed by atoms with Gasteiger partial charge in [-0.1, -0.05) is 23.2 Å². The highest BCUT2D eigenvalue weighted by Gasteiger charge is 2.36. The Hall–Kier alpha value is -2.88. The number of benzene rings is 2. The predicted molar refractivity (Wildman–Crippen MR) is 115 cm³/mol. The lowest BCUT2D eigenvalue weighted by Gasteiger charge is -2.14. The number of thioether (sulfide) groups is 1. The highest BCUT2D eigenvalue weighted by atomic mass is 35.5. The fourth-order valence-electron chi connectivity index (χ4n) is 2.94. The zero-order valence-electron chi connectivity index (χ0n) is 15.7. The normalized spacial score (nSPS) is 16.3. The molecule has 160 valence electrons. The summed E-state index contributed by atoms with van der Waals surface area (Å²) < 4.78 is 16.0. The Bertz CT molecular complexity index is 1140. The average molecular weight is 481 g/mol. The van der Waals surface area contributed by atoms with Crippen molar-refractivity contribution in [1.82, 2.24) is 4.90 Å². The van der Waals surface area contributed by atoms with Crippen LogP contribution < -0.4 is 19.9 Å². The Morgan fingerprint density at radius 3 is 2.68 bits per heavy atom. The maximum atomic E-state index is 12.9. The predicted octanol–water partition coefficient (Wildman–Crippen LogP) is 3.82. The molecule has 0 unspecified atom stereocenters. The fraction of sp³-hybridized carbons (Fsp3) is 0.150. The molecule has 2 N–H and O–H groups in total. The summed E-state index contributed by atoms with van der Waals surface area (Å²) in [5.74, 6) is 0.157. The standard InChI is InChI=1S/C20H14Cl2N2O6S/c21-12-1-2-14(28-8-18(23)25)10(3-12)5-17-19(26)24(20(27)31-17)7-11-4-15-16(6-13(11)22)30-9-29-15/h1-6H,7-9H2,(H2,23,25)/b17-5-. The number of carbonyl (C=O) groups excluding carboxylic acids is 3. The van der Waals surface area contributed by atoms with Gasteiger partial charge in [-0.15, -0.1) is 0 Å². The van der Waals surface area contributed by atoms with Gasteiger partial charge in [0.25, 0.3) is 17.1 Å². The third-order valence-electron chi connectivity index (χ3n) is 4.37. The minimum Gasteiger partial charge on any atom is -0.483 e. The number of rotatable bonds is 6. The van der Waals surface area contributed by atoms with Gasteiger partial charge in [-0.3, -0.25) is 19.3 Å². The van der Waals surface area contributed by atoms with Crippen LogP contribution in [-0.4, -0.2) is 35.4 Å². The molecular formula is C20H14Cl2N2O6S. The number of imide groups is 1. The fourth-order valence-corrected chi connectivity index (χ4v) is 4.16.